The summed E-state index contributed by atoms with van der Waals surface area (Å²) in [5, 5.41) is 2.35. The van der Waals surface area contributed by atoms with Crippen LogP contribution in [0.1, 0.15) is 12.5 Å². The highest BCUT2D eigenvalue weighted by molar-refractivity contribution is 7.55. The fourth-order valence-electron chi connectivity index (χ4n) is 2.69. The van der Waals surface area contributed by atoms with Crippen LogP contribution in [-0.4, -0.2) is 14.4 Å². The van der Waals surface area contributed by atoms with E-state index >= 15 is 0 Å². The molecule has 0 bridgehead atoms. The standard InChI is InChI=1S/C16H16NO3P/c1-2-17-15-6-4-3-5-13(15)14-8-7-12(11-16(14)17)9-10-21(18,19)20/h3-11H,2H2,1H3,(H2,18,19,20)/b10-9+. The summed E-state index contributed by atoms with van der Waals surface area (Å²) in [7, 11) is -4.13. The maximum atomic E-state index is 10.9. The highest BCUT2D eigenvalue weighted by Gasteiger charge is 2.10. The Bertz CT molecular complexity index is 889. The maximum Gasteiger partial charge on any atom is 0.349 e. The first kappa shape index (κ1) is 14.1. The summed E-state index contributed by atoms with van der Waals surface area (Å²) in [4.78, 5) is 17.9. The van der Waals surface area contributed by atoms with Gasteiger partial charge in [0.25, 0.3) is 0 Å². The van der Waals surface area contributed by atoms with Gasteiger partial charge in [-0.3, -0.25) is 4.57 Å². The predicted octanol–water partition coefficient (Wildman–Crippen LogP) is 3.96. The van der Waals surface area contributed by atoms with Gasteiger partial charge in [-0.1, -0.05) is 30.3 Å². The molecule has 3 rings (SSSR count). The van der Waals surface area contributed by atoms with Gasteiger partial charge < -0.3 is 14.4 Å². The molecule has 0 amide bonds. The van der Waals surface area contributed by atoms with E-state index in [0.29, 0.717) is 0 Å². The molecule has 0 atom stereocenters. The van der Waals surface area contributed by atoms with E-state index in [1.807, 2.05) is 30.3 Å². The molecule has 1 aromatic heterocycles. The Hall–Kier alpha value is -1.87. The molecule has 21 heavy (non-hydrogen) atoms. The van der Waals surface area contributed by atoms with Crippen molar-refractivity contribution >= 4 is 35.5 Å². The molecule has 2 aromatic carbocycles. The Kier molecular flexibility index (Phi) is 3.46. The highest BCUT2D eigenvalue weighted by Crippen LogP contribution is 2.37. The van der Waals surface area contributed by atoms with Crippen LogP contribution in [0.15, 0.2) is 48.3 Å². The first-order valence-corrected chi connectivity index (χ1v) is 8.43. The van der Waals surface area contributed by atoms with Crippen molar-refractivity contribution in [3.8, 4) is 0 Å². The third kappa shape index (κ3) is 2.66. The van der Waals surface area contributed by atoms with Crippen molar-refractivity contribution in [2.24, 2.45) is 0 Å². The fourth-order valence-corrected chi connectivity index (χ4v) is 3.06. The van der Waals surface area contributed by atoms with Gasteiger partial charge in [0.1, 0.15) is 0 Å². The molecule has 2 N–H and O–H groups in total. The van der Waals surface area contributed by atoms with Crippen LogP contribution in [0.4, 0.5) is 0 Å². The van der Waals surface area contributed by atoms with E-state index in [2.05, 4.69) is 23.6 Å². The van der Waals surface area contributed by atoms with Crippen LogP contribution >= 0.6 is 7.60 Å². The summed E-state index contributed by atoms with van der Waals surface area (Å²) in [5.74, 6) is 0.938. The summed E-state index contributed by atoms with van der Waals surface area (Å²) >= 11 is 0. The van der Waals surface area contributed by atoms with Gasteiger partial charge >= 0.3 is 7.60 Å². The second-order valence-corrected chi connectivity index (χ2v) is 6.42. The van der Waals surface area contributed by atoms with Gasteiger partial charge in [0.15, 0.2) is 0 Å². The van der Waals surface area contributed by atoms with Crippen molar-refractivity contribution in [2.75, 3.05) is 0 Å². The lowest BCUT2D eigenvalue weighted by Gasteiger charge is -2.03. The maximum absolute atomic E-state index is 10.9. The third-order valence-corrected chi connectivity index (χ3v) is 4.11. The minimum atomic E-state index is -4.13. The molecule has 0 saturated heterocycles. The Morgan fingerprint density at radius 3 is 2.52 bits per heavy atom. The lowest BCUT2D eigenvalue weighted by molar-refractivity contribution is 0.386. The Labute approximate surface area is 122 Å². The summed E-state index contributed by atoms with van der Waals surface area (Å²) in [6, 6.07) is 14.1. The van der Waals surface area contributed by atoms with Crippen molar-refractivity contribution in [1.29, 1.82) is 0 Å². The van der Waals surface area contributed by atoms with Crippen molar-refractivity contribution in [3.63, 3.8) is 0 Å². The summed E-state index contributed by atoms with van der Waals surface area (Å²) < 4.78 is 13.1. The van der Waals surface area contributed by atoms with E-state index in [0.717, 1.165) is 28.8 Å². The van der Waals surface area contributed by atoms with E-state index in [9.17, 15) is 4.57 Å². The predicted molar refractivity (Wildman–Crippen MR) is 86.2 cm³/mol. The number of hydrogen-bond donors (Lipinski definition) is 2. The van der Waals surface area contributed by atoms with E-state index in [4.69, 9.17) is 9.79 Å². The molecule has 0 aliphatic rings. The second kappa shape index (κ2) is 5.15. The zero-order chi connectivity index (χ0) is 15.0. The zero-order valence-corrected chi connectivity index (χ0v) is 12.5. The number of hydrogen-bond acceptors (Lipinski definition) is 1. The monoisotopic (exact) mass is 301 g/mol. The van der Waals surface area contributed by atoms with Crippen molar-refractivity contribution < 1.29 is 14.4 Å². The molecule has 0 aliphatic heterocycles. The molecular weight excluding hydrogens is 285 g/mol. The average molecular weight is 301 g/mol. The molecule has 0 aliphatic carbocycles. The molecule has 0 fully saturated rings. The third-order valence-electron chi connectivity index (χ3n) is 3.58. The van der Waals surface area contributed by atoms with Gasteiger partial charge in [-0.15, -0.1) is 0 Å². The molecule has 4 nitrogen and oxygen atoms in total. The number of nitrogens with zero attached hydrogens (tertiary/aromatic N) is 1. The van der Waals surface area contributed by atoms with E-state index in [-0.39, 0.29) is 0 Å². The molecule has 5 heteroatoms. The minimum absolute atomic E-state index is 0.781. The van der Waals surface area contributed by atoms with Gasteiger partial charge in [-0.05, 0) is 30.7 Å². The number of benzene rings is 2. The molecule has 0 saturated carbocycles. The summed E-state index contributed by atoms with van der Waals surface area (Å²) in [6.07, 6.45) is 1.47. The van der Waals surface area contributed by atoms with Gasteiger partial charge in [0.05, 0.1) is 0 Å². The lowest BCUT2D eigenvalue weighted by atomic mass is 10.1. The molecule has 108 valence electrons. The molecule has 0 unspecified atom stereocenters. The van der Waals surface area contributed by atoms with Crippen molar-refractivity contribution in [1.82, 2.24) is 4.57 Å². The topological polar surface area (TPSA) is 62.5 Å². The number of aryl methyl sites for hydroxylation is 1. The Balaban J connectivity index is 2.24. The lowest BCUT2D eigenvalue weighted by Crippen LogP contribution is -1.92. The first-order valence-electron chi connectivity index (χ1n) is 6.75. The van der Waals surface area contributed by atoms with Crippen LogP contribution in [0, 0.1) is 0 Å². The largest absolute Gasteiger partial charge is 0.349 e. The van der Waals surface area contributed by atoms with Crippen molar-refractivity contribution in [2.45, 2.75) is 13.5 Å². The smallest absolute Gasteiger partial charge is 0.341 e. The summed E-state index contributed by atoms with van der Waals surface area (Å²) in [6.45, 7) is 2.93. The van der Waals surface area contributed by atoms with Crippen LogP contribution in [0.25, 0.3) is 27.9 Å². The normalized spacial score (nSPS) is 12.7. The second-order valence-electron chi connectivity index (χ2n) is 4.94. The first-order chi connectivity index (χ1) is 9.99. The quantitative estimate of drug-likeness (QED) is 0.720. The van der Waals surface area contributed by atoms with Crippen LogP contribution in [0.5, 0.6) is 0 Å². The van der Waals surface area contributed by atoms with Crippen LogP contribution in [0.2, 0.25) is 0 Å². The number of aromatic nitrogens is 1. The fraction of sp³-hybridized carbons (Fsp3) is 0.125. The number of rotatable bonds is 3. The van der Waals surface area contributed by atoms with Gasteiger partial charge in [-0.25, -0.2) is 0 Å². The number of fused-ring (bicyclic) bond motifs is 3. The van der Waals surface area contributed by atoms with Crippen LogP contribution in [-0.2, 0) is 11.1 Å². The molecule has 0 spiro atoms. The molecule has 0 radical (unpaired) electrons. The number of para-hydroxylation sites is 1. The van der Waals surface area contributed by atoms with E-state index in [1.54, 1.807) is 0 Å². The summed E-state index contributed by atoms with van der Waals surface area (Å²) in [5.41, 5.74) is 3.03. The van der Waals surface area contributed by atoms with E-state index < -0.39 is 7.60 Å². The Morgan fingerprint density at radius 2 is 1.81 bits per heavy atom. The average Bonchev–Trinajstić information content (AvgIpc) is 2.77. The minimum Gasteiger partial charge on any atom is -0.341 e. The highest BCUT2D eigenvalue weighted by atomic mass is 31.2. The Morgan fingerprint density at radius 1 is 1.10 bits per heavy atom. The van der Waals surface area contributed by atoms with Crippen molar-refractivity contribution in [3.05, 3.63) is 53.8 Å². The van der Waals surface area contributed by atoms with Gasteiger partial charge in [0.2, 0.25) is 0 Å². The van der Waals surface area contributed by atoms with Crippen LogP contribution in [0.3, 0.4) is 0 Å². The molecular formula is C16H16NO3P. The SMILES string of the molecule is CCn1c2ccccc2c2ccc(/C=C/P(=O)(O)O)cc21. The van der Waals surface area contributed by atoms with Gasteiger partial charge in [0, 0.05) is 34.2 Å². The molecule has 1 heterocycles. The van der Waals surface area contributed by atoms with E-state index in [1.165, 1.54) is 17.0 Å². The zero-order valence-electron chi connectivity index (χ0n) is 11.6. The van der Waals surface area contributed by atoms with Crippen LogP contribution < -0.4 is 0 Å². The molecule has 3 aromatic rings. The van der Waals surface area contributed by atoms with Gasteiger partial charge in [-0.2, -0.15) is 0 Å².